The molecule has 3 aromatic heterocycles. The normalized spacial score (nSPS) is 13.0. The number of aryl methyl sites for hydroxylation is 3. The van der Waals surface area contributed by atoms with Gasteiger partial charge in [-0.1, -0.05) is 35.0 Å². The van der Waals surface area contributed by atoms with Crippen molar-refractivity contribution in [3.63, 3.8) is 0 Å². The summed E-state index contributed by atoms with van der Waals surface area (Å²) in [6, 6.07) is 7.78. The smallest absolute Gasteiger partial charge is 0.341 e. The Bertz CT molecular complexity index is 1480. The molecule has 10 heteroatoms. The Balaban J connectivity index is 1.43. The topological polar surface area (TPSA) is 103 Å². The molecule has 0 atom stereocenters. The van der Waals surface area contributed by atoms with E-state index in [2.05, 4.69) is 15.6 Å². The number of thiophene rings is 2. The second-order valence-electron chi connectivity index (χ2n) is 8.43. The summed E-state index contributed by atoms with van der Waals surface area (Å²) in [4.78, 5) is 40.7. The third-order valence-electron chi connectivity index (χ3n) is 6.02. The van der Waals surface area contributed by atoms with Crippen LogP contribution in [0.15, 0.2) is 34.4 Å². The van der Waals surface area contributed by atoms with E-state index in [9.17, 15) is 14.4 Å². The van der Waals surface area contributed by atoms with Crippen molar-refractivity contribution in [1.29, 1.82) is 0 Å². The van der Waals surface area contributed by atoms with Crippen LogP contribution in [0.4, 0.5) is 5.00 Å². The number of hydrogen-bond acceptors (Lipinski definition) is 8. The zero-order valence-corrected chi connectivity index (χ0v) is 21.1. The predicted molar refractivity (Wildman–Crippen MR) is 137 cm³/mol. The van der Waals surface area contributed by atoms with E-state index < -0.39 is 11.9 Å². The summed E-state index contributed by atoms with van der Waals surface area (Å²) in [5, 5.41) is 13.8. The van der Waals surface area contributed by atoms with Crippen LogP contribution < -0.4 is 10.9 Å². The van der Waals surface area contributed by atoms with E-state index in [1.807, 2.05) is 36.6 Å². The first kappa shape index (κ1) is 23.4. The van der Waals surface area contributed by atoms with Gasteiger partial charge in [0, 0.05) is 15.8 Å². The van der Waals surface area contributed by atoms with Gasteiger partial charge in [0.25, 0.3) is 5.56 Å². The molecule has 3 heterocycles. The molecular weight excluding hydrogens is 484 g/mol. The Labute approximate surface area is 209 Å². The van der Waals surface area contributed by atoms with Gasteiger partial charge in [0.15, 0.2) is 4.83 Å². The summed E-state index contributed by atoms with van der Waals surface area (Å²) in [6.45, 7) is 3.64. The number of esters is 1. The average molecular weight is 509 g/mol. The Hall–Kier alpha value is -3.37. The highest BCUT2D eigenvalue weighted by Crippen LogP contribution is 2.36. The van der Waals surface area contributed by atoms with Gasteiger partial charge >= 0.3 is 5.97 Å². The Morgan fingerprint density at radius 3 is 2.71 bits per heavy atom. The summed E-state index contributed by atoms with van der Waals surface area (Å²) < 4.78 is 6.36. The van der Waals surface area contributed by atoms with Gasteiger partial charge < -0.3 is 10.1 Å². The fraction of sp³-hybridized carbons (Fsp3) is 0.320. The van der Waals surface area contributed by atoms with Crippen molar-refractivity contribution in [1.82, 2.24) is 15.0 Å². The number of carbonyl (C=O) groups excluding carboxylic acids is 2. The van der Waals surface area contributed by atoms with E-state index >= 15 is 0 Å². The zero-order valence-electron chi connectivity index (χ0n) is 19.4. The van der Waals surface area contributed by atoms with E-state index in [-0.39, 0.29) is 18.7 Å². The average Bonchev–Trinajstić information content (AvgIpc) is 3.43. The number of hydrogen-bond donors (Lipinski definition) is 1. The largest absolute Gasteiger partial charge is 0.462 e. The molecule has 0 unspecified atom stereocenters. The molecule has 0 spiro atoms. The lowest BCUT2D eigenvalue weighted by Gasteiger charge is -2.10. The number of nitrogens with zero attached hydrogens (tertiary/aromatic N) is 3. The van der Waals surface area contributed by atoms with Crippen molar-refractivity contribution >= 4 is 49.8 Å². The molecule has 1 N–H and O–H groups in total. The first-order chi connectivity index (χ1) is 17.0. The summed E-state index contributed by atoms with van der Waals surface area (Å²) >= 11 is 2.76. The van der Waals surface area contributed by atoms with E-state index in [4.69, 9.17) is 4.74 Å². The molecule has 0 fully saturated rings. The van der Waals surface area contributed by atoms with Gasteiger partial charge in [-0.15, -0.1) is 27.8 Å². The van der Waals surface area contributed by atoms with Crippen molar-refractivity contribution < 1.29 is 14.3 Å². The second kappa shape index (κ2) is 9.71. The molecule has 0 radical (unpaired) electrons. The SMILES string of the molecule is CCOC(=O)c1c(-c2ccc(C)cc2)csc1NC(=O)Cn1nnc2sc3c(c2c1=O)CCCC3. The molecule has 0 saturated heterocycles. The first-order valence-electron chi connectivity index (χ1n) is 11.5. The number of ether oxygens (including phenoxy) is 1. The Kier molecular flexibility index (Phi) is 6.48. The standard InChI is InChI=1S/C25H24N4O4S2/c1-3-33-25(32)21-17(15-10-8-14(2)9-11-15)13-34-22(21)26-19(30)12-29-24(31)20-16-6-4-5-7-18(16)35-23(20)27-28-29/h8-11,13H,3-7,12H2,1-2H3,(H,26,30). The molecule has 5 rings (SSSR count). The number of carbonyl (C=O) groups is 2. The first-order valence-corrected chi connectivity index (χ1v) is 13.2. The number of fused-ring (bicyclic) bond motifs is 3. The molecule has 180 valence electrons. The van der Waals surface area contributed by atoms with Crippen LogP contribution in [-0.4, -0.2) is 33.5 Å². The molecule has 1 amide bonds. The summed E-state index contributed by atoms with van der Waals surface area (Å²) in [7, 11) is 0. The third kappa shape index (κ3) is 4.51. The van der Waals surface area contributed by atoms with Crippen molar-refractivity contribution in [3.05, 3.63) is 61.6 Å². The van der Waals surface area contributed by atoms with Gasteiger partial charge in [-0.05, 0) is 50.7 Å². The van der Waals surface area contributed by atoms with Crippen LogP contribution in [0.25, 0.3) is 21.3 Å². The summed E-state index contributed by atoms with van der Waals surface area (Å²) in [6.07, 6.45) is 3.95. The van der Waals surface area contributed by atoms with Crippen LogP contribution in [0, 0.1) is 6.92 Å². The molecule has 0 aliphatic heterocycles. The van der Waals surface area contributed by atoms with Gasteiger partial charge in [-0.2, -0.15) is 0 Å². The zero-order chi connectivity index (χ0) is 24.5. The fourth-order valence-electron chi connectivity index (χ4n) is 4.31. The Morgan fingerprint density at radius 2 is 1.94 bits per heavy atom. The minimum Gasteiger partial charge on any atom is -0.462 e. The number of rotatable bonds is 6. The monoisotopic (exact) mass is 508 g/mol. The molecule has 0 saturated carbocycles. The van der Waals surface area contributed by atoms with Crippen molar-refractivity contribution in [2.24, 2.45) is 0 Å². The number of anilines is 1. The molecule has 1 aliphatic carbocycles. The van der Waals surface area contributed by atoms with Crippen LogP contribution in [-0.2, 0) is 28.9 Å². The molecule has 4 aromatic rings. The lowest BCUT2D eigenvalue weighted by atomic mass is 9.97. The highest BCUT2D eigenvalue weighted by Gasteiger charge is 2.24. The van der Waals surface area contributed by atoms with Crippen LogP contribution >= 0.6 is 22.7 Å². The maximum Gasteiger partial charge on any atom is 0.341 e. The fourth-order valence-corrected chi connectivity index (χ4v) is 6.48. The molecule has 1 aromatic carbocycles. The molecule has 8 nitrogen and oxygen atoms in total. The van der Waals surface area contributed by atoms with Gasteiger partial charge in [-0.25, -0.2) is 9.48 Å². The van der Waals surface area contributed by atoms with Crippen LogP contribution in [0.2, 0.25) is 0 Å². The summed E-state index contributed by atoms with van der Waals surface area (Å²) in [5.41, 5.74) is 3.69. The van der Waals surface area contributed by atoms with Crippen LogP contribution in [0.5, 0.6) is 0 Å². The number of nitrogens with one attached hydrogen (secondary N) is 1. The van der Waals surface area contributed by atoms with Gasteiger partial charge in [0.05, 0.1) is 12.0 Å². The summed E-state index contributed by atoms with van der Waals surface area (Å²) in [5.74, 6) is -0.976. The maximum absolute atomic E-state index is 13.1. The van der Waals surface area contributed by atoms with Crippen molar-refractivity contribution in [2.75, 3.05) is 11.9 Å². The predicted octanol–water partition coefficient (Wildman–Crippen LogP) is 4.58. The van der Waals surface area contributed by atoms with E-state index in [1.54, 1.807) is 6.92 Å². The van der Waals surface area contributed by atoms with Crippen LogP contribution in [0.3, 0.4) is 0 Å². The van der Waals surface area contributed by atoms with Gasteiger partial charge in [-0.3, -0.25) is 9.59 Å². The number of benzene rings is 1. The molecule has 0 bridgehead atoms. The number of aromatic nitrogens is 3. The number of amides is 1. The van der Waals surface area contributed by atoms with E-state index in [1.165, 1.54) is 27.6 Å². The minimum atomic E-state index is -0.511. The second-order valence-corrected chi connectivity index (χ2v) is 10.4. The maximum atomic E-state index is 13.1. The van der Waals surface area contributed by atoms with Gasteiger partial charge in [0.2, 0.25) is 5.91 Å². The molecule has 1 aliphatic rings. The van der Waals surface area contributed by atoms with Crippen molar-refractivity contribution in [2.45, 2.75) is 46.1 Å². The highest BCUT2D eigenvalue weighted by molar-refractivity contribution is 7.18. The minimum absolute atomic E-state index is 0.214. The van der Waals surface area contributed by atoms with Crippen molar-refractivity contribution in [3.8, 4) is 11.1 Å². The molecular formula is C25H24N4O4S2. The van der Waals surface area contributed by atoms with E-state index in [0.29, 0.717) is 26.3 Å². The van der Waals surface area contributed by atoms with Crippen LogP contribution in [0.1, 0.15) is 46.1 Å². The third-order valence-corrected chi connectivity index (χ3v) is 8.10. The molecule has 35 heavy (non-hydrogen) atoms. The highest BCUT2D eigenvalue weighted by atomic mass is 32.1. The Morgan fingerprint density at radius 1 is 1.17 bits per heavy atom. The lowest BCUT2D eigenvalue weighted by Crippen LogP contribution is -2.30. The van der Waals surface area contributed by atoms with E-state index in [0.717, 1.165) is 47.1 Å². The quantitative estimate of drug-likeness (QED) is 0.382. The lowest BCUT2D eigenvalue weighted by molar-refractivity contribution is -0.117. The van der Waals surface area contributed by atoms with Gasteiger partial charge in [0.1, 0.15) is 17.1 Å².